The molecule has 0 aromatic heterocycles. The molecule has 0 saturated carbocycles. The third-order valence-electron chi connectivity index (χ3n) is 2.72. The van der Waals surface area contributed by atoms with E-state index in [0.29, 0.717) is 72.5 Å². The van der Waals surface area contributed by atoms with Gasteiger partial charge in [-0.25, -0.2) is 5.84 Å². The molecule has 0 radical (unpaired) electrons. The molecule has 0 spiro atoms. The van der Waals surface area contributed by atoms with Crippen molar-refractivity contribution in [3.05, 3.63) is 0 Å². The highest BCUT2D eigenvalue weighted by Crippen LogP contribution is 1.87. The standard InChI is InChI=1S/C15H30N2O7/c1-14(18)2-4-20-6-8-22-10-12-24-13-11-23-9-7-21-5-3-15(19)17-16/h2-13,16H2,1H3,(H,17,19). The van der Waals surface area contributed by atoms with E-state index in [9.17, 15) is 9.59 Å². The second kappa shape index (κ2) is 18.2. The van der Waals surface area contributed by atoms with E-state index in [-0.39, 0.29) is 18.1 Å². The Morgan fingerprint density at radius 3 is 1.33 bits per heavy atom. The molecule has 142 valence electrons. The van der Waals surface area contributed by atoms with E-state index in [4.69, 9.17) is 29.5 Å². The number of hydrogen-bond acceptors (Lipinski definition) is 8. The van der Waals surface area contributed by atoms with Crippen molar-refractivity contribution in [1.29, 1.82) is 0 Å². The summed E-state index contributed by atoms with van der Waals surface area (Å²) >= 11 is 0. The van der Waals surface area contributed by atoms with Crippen molar-refractivity contribution < 1.29 is 33.3 Å². The minimum Gasteiger partial charge on any atom is -0.379 e. The van der Waals surface area contributed by atoms with E-state index in [2.05, 4.69) is 0 Å². The van der Waals surface area contributed by atoms with Crippen molar-refractivity contribution in [2.45, 2.75) is 19.8 Å². The Morgan fingerprint density at radius 2 is 1.00 bits per heavy atom. The second-order valence-electron chi connectivity index (χ2n) is 4.83. The van der Waals surface area contributed by atoms with E-state index in [1.54, 1.807) is 0 Å². The maximum atomic E-state index is 10.8. The third-order valence-corrected chi connectivity index (χ3v) is 2.72. The third kappa shape index (κ3) is 18.9. The van der Waals surface area contributed by atoms with Gasteiger partial charge in [0, 0.05) is 6.42 Å². The molecular formula is C15H30N2O7. The molecule has 0 aromatic carbocycles. The first-order valence-electron chi connectivity index (χ1n) is 8.04. The van der Waals surface area contributed by atoms with E-state index < -0.39 is 0 Å². The van der Waals surface area contributed by atoms with Crippen LogP contribution in [0.4, 0.5) is 0 Å². The summed E-state index contributed by atoms with van der Waals surface area (Å²) in [4.78, 5) is 21.5. The first-order chi connectivity index (χ1) is 11.7. The number of rotatable bonds is 18. The number of carbonyl (C=O) groups excluding carboxylic acids is 2. The van der Waals surface area contributed by atoms with Crippen molar-refractivity contribution in [3.8, 4) is 0 Å². The number of nitrogens with one attached hydrogen (secondary N) is 1. The van der Waals surface area contributed by atoms with Crippen LogP contribution in [0, 0.1) is 0 Å². The molecule has 9 heteroatoms. The zero-order valence-corrected chi connectivity index (χ0v) is 14.4. The van der Waals surface area contributed by atoms with Gasteiger partial charge >= 0.3 is 0 Å². The molecule has 0 aliphatic rings. The Morgan fingerprint density at radius 1 is 0.667 bits per heavy atom. The summed E-state index contributed by atoms with van der Waals surface area (Å²) in [5, 5.41) is 0. The molecule has 9 nitrogen and oxygen atoms in total. The Labute approximate surface area is 143 Å². The first-order valence-corrected chi connectivity index (χ1v) is 8.04. The van der Waals surface area contributed by atoms with Gasteiger partial charge < -0.3 is 23.7 Å². The van der Waals surface area contributed by atoms with Crippen molar-refractivity contribution in [1.82, 2.24) is 5.43 Å². The first kappa shape index (κ1) is 22.9. The molecule has 0 saturated heterocycles. The summed E-state index contributed by atoms with van der Waals surface area (Å²) in [7, 11) is 0. The molecule has 0 aromatic rings. The van der Waals surface area contributed by atoms with Crippen molar-refractivity contribution in [2.24, 2.45) is 5.84 Å². The van der Waals surface area contributed by atoms with Crippen molar-refractivity contribution >= 4 is 11.7 Å². The summed E-state index contributed by atoms with van der Waals surface area (Å²) < 4.78 is 26.3. The highest BCUT2D eigenvalue weighted by Gasteiger charge is 1.98. The summed E-state index contributed by atoms with van der Waals surface area (Å²) in [5.74, 6) is 4.80. The molecule has 24 heavy (non-hydrogen) atoms. The number of hydrazine groups is 1. The van der Waals surface area contributed by atoms with Gasteiger partial charge in [0.15, 0.2) is 0 Å². The lowest BCUT2D eigenvalue weighted by atomic mass is 10.3. The van der Waals surface area contributed by atoms with Crippen molar-refractivity contribution in [3.63, 3.8) is 0 Å². The largest absolute Gasteiger partial charge is 0.379 e. The predicted molar refractivity (Wildman–Crippen MR) is 86.3 cm³/mol. The van der Waals surface area contributed by atoms with E-state index in [1.807, 2.05) is 5.43 Å². The second-order valence-corrected chi connectivity index (χ2v) is 4.83. The van der Waals surface area contributed by atoms with Gasteiger partial charge in [0.25, 0.3) is 0 Å². The SMILES string of the molecule is CC(=O)CCOCCOCCOCCOCCOCCC(=O)NN. The smallest absolute Gasteiger partial charge is 0.236 e. The molecule has 1 amide bonds. The van der Waals surface area contributed by atoms with E-state index in [0.717, 1.165) is 0 Å². The number of hydrogen-bond donors (Lipinski definition) is 2. The summed E-state index contributed by atoms with van der Waals surface area (Å²) in [6.45, 7) is 6.05. The van der Waals surface area contributed by atoms with Crippen LogP contribution in [0.15, 0.2) is 0 Å². The zero-order chi connectivity index (χ0) is 17.9. The van der Waals surface area contributed by atoms with Crippen LogP contribution in [-0.2, 0) is 33.3 Å². The number of amides is 1. The molecule has 0 fully saturated rings. The molecule has 0 atom stereocenters. The van der Waals surface area contributed by atoms with Crippen LogP contribution in [0.2, 0.25) is 0 Å². The van der Waals surface area contributed by atoms with Gasteiger partial charge in [0.1, 0.15) is 5.78 Å². The van der Waals surface area contributed by atoms with Gasteiger partial charge in [0.05, 0.1) is 72.5 Å². The Balaban J connectivity index is 3.03. The Hall–Kier alpha value is -1.10. The van der Waals surface area contributed by atoms with Crippen LogP contribution in [-0.4, -0.2) is 77.8 Å². The number of Topliss-reactive ketones (excluding diaryl/α,β-unsaturated/α-hetero) is 1. The molecule has 3 N–H and O–H groups in total. The average Bonchev–Trinajstić information content (AvgIpc) is 2.57. The minimum atomic E-state index is -0.255. The van der Waals surface area contributed by atoms with Gasteiger partial charge in [-0.2, -0.15) is 0 Å². The molecule has 0 rings (SSSR count). The number of ketones is 1. The van der Waals surface area contributed by atoms with Gasteiger partial charge in [0.2, 0.25) is 5.91 Å². The molecule has 0 unspecified atom stereocenters. The topological polar surface area (TPSA) is 118 Å². The van der Waals surface area contributed by atoms with Crippen molar-refractivity contribution in [2.75, 3.05) is 66.1 Å². The Bertz CT molecular complexity index is 316. The molecule has 0 aliphatic carbocycles. The maximum absolute atomic E-state index is 10.8. The van der Waals surface area contributed by atoms with E-state index in [1.165, 1.54) is 6.92 Å². The maximum Gasteiger partial charge on any atom is 0.236 e. The fourth-order valence-corrected chi connectivity index (χ4v) is 1.43. The summed E-state index contributed by atoms with van der Waals surface area (Å²) in [5.41, 5.74) is 2.03. The van der Waals surface area contributed by atoms with Crippen LogP contribution in [0.1, 0.15) is 19.8 Å². The Kier molecular flexibility index (Phi) is 17.4. The molecule has 0 bridgehead atoms. The predicted octanol–water partition coefficient (Wildman–Crippen LogP) is -0.571. The lowest BCUT2D eigenvalue weighted by molar-refractivity contribution is -0.122. The van der Waals surface area contributed by atoms with Crippen LogP contribution < -0.4 is 11.3 Å². The zero-order valence-electron chi connectivity index (χ0n) is 14.4. The van der Waals surface area contributed by atoms with Crippen LogP contribution in [0.5, 0.6) is 0 Å². The van der Waals surface area contributed by atoms with Gasteiger partial charge in [-0.05, 0) is 6.92 Å². The normalized spacial score (nSPS) is 10.8. The minimum absolute atomic E-state index is 0.122. The van der Waals surface area contributed by atoms with Gasteiger partial charge in [-0.3, -0.25) is 15.0 Å². The number of ether oxygens (including phenoxy) is 5. The fraction of sp³-hybridized carbons (Fsp3) is 0.867. The lowest BCUT2D eigenvalue weighted by Crippen LogP contribution is -2.30. The highest BCUT2D eigenvalue weighted by molar-refractivity contribution is 5.75. The van der Waals surface area contributed by atoms with Gasteiger partial charge in [-0.15, -0.1) is 0 Å². The lowest BCUT2D eigenvalue weighted by Gasteiger charge is -2.07. The molecular weight excluding hydrogens is 320 g/mol. The molecule has 0 heterocycles. The highest BCUT2D eigenvalue weighted by atomic mass is 16.6. The monoisotopic (exact) mass is 350 g/mol. The van der Waals surface area contributed by atoms with Crippen LogP contribution in [0.3, 0.4) is 0 Å². The quantitative estimate of drug-likeness (QED) is 0.146. The van der Waals surface area contributed by atoms with Crippen LogP contribution in [0.25, 0.3) is 0 Å². The number of carbonyl (C=O) groups is 2. The summed E-state index contributed by atoms with van der Waals surface area (Å²) in [6, 6.07) is 0. The van der Waals surface area contributed by atoms with E-state index >= 15 is 0 Å². The van der Waals surface area contributed by atoms with Gasteiger partial charge in [-0.1, -0.05) is 0 Å². The summed E-state index contributed by atoms with van der Waals surface area (Å²) in [6.07, 6.45) is 0.679. The average molecular weight is 350 g/mol. The van der Waals surface area contributed by atoms with Crippen LogP contribution >= 0.6 is 0 Å². The fourth-order valence-electron chi connectivity index (χ4n) is 1.43. The number of nitrogens with two attached hydrogens (primary N) is 1. The molecule has 0 aliphatic heterocycles.